The van der Waals surface area contributed by atoms with Crippen LogP contribution in [-0.4, -0.2) is 32.2 Å². The Morgan fingerprint density at radius 3 is 2.42 bits per heavy atom. The summed E-state index contributed by atoms with van der Waals surface area (Å²) in [5.41, 5.74) is 1.53. The highest BCUT2D eigenvalue weighted by Gasteiger charge is 2.14. The quantitative estimate of drug-likeness (QED) is 0.874. The zero-order chi connectivity index (χ0) is 16.8. The second-order valence-electron chi connectivity index (χ2n) is 6.11. The van der Waals surface area contributed by atoms with Gasteiger partial charge in [-0.25, -0.2) is 13.4 Å². The van der Waals surface area contributed by atoms with Crippen LogP contribution in [0.1, 0.15) is 24.8 Å². The fourth-order valence-electron chi connectivity index (χ4n) is 2.88. The molecule has 24 heavy (non-hydrogen) atoms. The Morgan fingerprint density at radius 2 is 1.75 bits per heavy atom. The van der Waals surface area contributed by atoms with Gasteiger partial charge in [-0.2, -0.15) is 0 Å². The molecule has 0 radical (unpaired) electrons. The van der Waals surface area contributed by atoms with Crippen LogP contribution in [-0.2, 0) is 16.4 Å². The van der Waals surface area contributed by atoms with E-state index < -0.39 is 10.0 Å². The minimum Gasteiger partial charge on any atom is -0.357 e. The summed E-state index contributed by atoms with van der Waals surface area (Å²) in [6, 6.07) is 13.3. The Bertz CT molecular complexity index is 740. The third kappa shape index (κ3) is 4.71. The van der Waals surface area contributed by atoms with Gasteiger partial charge in [-0.3, -0.25) is 4.72 Å². The first-order valence-electron chi connectivity index (χ1n) is 8.38. The number of hydrogen-bond acceptors (Lipinski definition) is 4. The first kappa shape index (κ1) is 16.8. The molecule has 0 saturated carbocycles. The summed E-state index contributed by atoms with van der Waals surface area (Å²) in [7, 11) is -3.37. The van der Waals surface area contributed by atoms with E-state index in [2.05, 4.69) is 14.6 Å². The standard InChI is InChI=1S/C18H23N3O2S/c22-24(23,14-11-16-7-3-1-4-8-16)20-17-9-10-18(19-15-17)21-12-5-2-6-13-21/h1,3-4,7-10,15,20H,2,5-6,11-14H2. The molecular weight excluding hydrogens is 322 g/mol. The molecule has 2 aromatic rings. The summed E-state index contributed by atoms with van der Waals surface area (Å²) < 4.78 is 27.0. The van der Waals surface area contributed by atoms with Crippen LogP contribution in [0.4, 0.5) is 11.5 Å². The van der Waals surface area contributed by atoms with Crippen LogP contribution in [0, 0.1) is 0 Å². The Labute approximate surface area is 143 Å². The molecule has 0 amide bonds. The van der Waals surface area contributed by atoms with Crippen LogP contribution in [0.3, 0.4) is 0 Å². The van der Waals surface area contributed by atoms with E-state index in [1.807, 2.05) is 36.4 Å². The van der Waals surface area contributed by atoms with Gasteiger partial charge in [-0.1, -0.05) is 30.3 Å². The zero-order valence-electron chi connectivity index (χ0n) is 13.7. The lowest BCUT2D eigenvalue weighted by atomic mass is 10.1. The Kier molecular flexibility index (Phi) is 5.35. The third-order valence-corrected chi connectivity index (χ3v) is 5.49. The number of anilines is 2. The lowest BCUT2D eigenvalue weighted by Gasteiger charge is -2.27. The van der Waals surface area contributed by atoms with E-state index in [-0.39, 0.29) is 5.75 Å². The van der Waals surface area contributed by atoms with Crippen molar-refractivity contribution in [1.82, 2.24) is 4.98 Å². The normalized spacial score (nSPS) is 15.2. The van der Waals surface area contributed by atoms with E-state index in [0.29, 0.717) is 12.1 Å². The number of aryl methyl sites for hydroxylation is 1. The molecule has 1 aliphatic heterocycles. The Hall–Kier alpha value is -2.08. The van der Waals surface area contributed by atoms with Crippen LogP contribution in [0.5, 0.6) is 0 Å². The lowest BCUT2D eigenvalue weighted by Crippen LogP contribution is -2.30. The molecule has 2 heterocycles. The number of nitrogens with one attached hydrogen (secondary N) is 1. The number of piperidine rings is 1. The Balaban J connectivity index is 1.58. The average Bonchev–Trinajstić information content (AvgIpc) is 2.62. The van der Waals surface area contributed by atoms with Crippen molar-refractivity contribution >= 4 is 21.5 Å². The van der Waals surface area contributed by atoms with Crippen molar-refractivity contribution in [1.29, 1.82) is 0 Å². The van der Waals surface area contributed by atoms with E-state index in [0.717, 1.165) is 24.5 Å². The molecule has 1 aromatic carbocycles. The summed E-state index contributed by atoms with van der Waals surface area (Å²) in [6.45, 7) is 2.05. The molecule has 0 unspecified atom stereocenters. The monoisotopic (exact) mass is 345 g/mol. The predicted octanol–water partition coefficient (Wildman–Crippen LogP) is 3.06. The van der Waals surface area contributed by atoms with Gasteiger partial charge >= 0.3 is 0 Å². The first-order chi connectivity index (χ1) is 11.6. The van der Waals surface area contributed by atoms with E-state index in [1.54, 1.807) is 12.3 Å². The number of sulfonamides is 1. The maximum atomic E-state index is 12.2. The molecule has 1 aliphatic rings. The van der Waals surface area contributed by atoms with Gasteiger partial charge in [-0.05, 0) is 43.4 Å². The maximum Gasteiger partial charge on any atom is 0.233 e. The van der Waals surface area contributed by atoms with Crippen LogP contribution in [0.25, 0.3) is 0 Å². The van der Waals surface area contributed by atoms with Gasteiger partial charge in [0.2, 0.25) is 10.0 Å². The van der Waals surface area contributed by atoms with Crippen molar-refractivity contribution in [2.75, 3.05) is 28.5 Å². The van der Waals surface area contributed by atoms with Gasteiger partial charge in [0.1, 0.15) is 5.82 Å². The molecule has 0 aliphatic carbocycles. The molecule has 1 N–H and O–H groups in total. The van der Waals surface area contributed by atoms with Crippen LogP contribution in [0.15, 0.2) is 48.7 Å². The van der Waals surface area contributed by atoms with Gasteiger partial charge in [0.15, 0.2) is 0 Å². The lowest BCUT2D eigenvalue weighted by molar-refractivity contribution is 0.573. The summed E-state index contributed by atoms with van der Waals surface area (Å²) >= 11 is 0. The fourth-order valence-corrected chi connectivity index (χ4v) is 3.97. The second-order valence-corrected chi connectivity index (χ2v) is 7.95. The van der Waals surface area contributed by atoms with Crippen molar-refractivity contribution in [2.45, 2.75) is 25.7 Å². The topological polar surface area (TPSA) is 62.3 Å². The SMILES string of the molecule is O=S(=O)(CCc1ccccc1)Nc1ccc(N2CCCCC2)nc1. The molecule has 5 nitrogen and oxygen atoms in total. The fraction of sp³-hybridized carbons (Fsp3) is 0.389. The average molecular weight is 345 g/mol. The van der Waals surface area contributed by atoms with Gasteiger partial charge < -0.3 is 4.90 Å². The second kappa shape index (κ2) is 7.66. The third-order valence-electron chi connectivity index (χ3n) is 4.20. The van der Waals surface area contributed by atoms with E-state index in [9.17, 15) is 8.42 Å². The highest BCUT2D eigenvalue weighted by molar-refractivity contribution is 7.92. The summed E-state index contributed by atoms with van der Waals surface area (Å²) in [6.07, 6.45) is 5.75. The number of nitrogens with zero attached hydrogens (tertiary/aromatic N) is 2. The molecule has 1 saturated heterocycles. The number of rotatable bonds is 6. The van der Waals surface area contributed by atoms with Gasteiger partial charge in [-0.15, -0.1) is 0 Å². The number of hydrogen-bond donors (Lipinski definition) is 1. The minimum atomic E-state index is -3.37. The molecule has 1 fully saturated rings. The van der Waals surface area contributed by atoms with Crippen LogP contribution in [0.2, 0.25) is 0 Å². The zero-order valence-corrected chi connectivity index (χ0v) is 14.5. The highest BCUT2D eigenvalue weighted by atomic mass is 32.2. The maximum absolute atomic E-state index is 12.2. The van der Waals surface area contributed by atoms with E-state index >= 15 is 0 Å². The van der Waals surface area contributed by atoms with Crippen molar-refractivity contribution in [3.05, 3.63) is 54.2 Å². The van der Waals surface area contributed by atoms with Crippen molar-refractivity contribution in [3.8, 4) is 0 Å². The highest BCUT2D eigenvalue weighted by Crippen LogP contribution is 2.19. The van der Waals surface area contributed by atoms with Crippen molar-refractivity contribution < 1.29 is 8.42 Å². The van der Waals surface area contributed by atoms with Crippen molar-refractivity contribution in [2.24, 2.45) is 0 Å². The van der Waals surface area contributed by atoms with E-state index in [4.69, 9.17) is 0 Å². The summed E-state index contributed by atoms with van der Waals surface area (Å²) in [5.74, 6) is 0.979. The molecule has 6 heteroatoms. The van der Waals surface area contributed by atoms with Gasteiger partial charge in [0.25, 0.3) is 0 Å². The number of pyridine rings is 1. The molecule has 3 rings (SSSR count). The minimum absolute atomic E-state index is 0.0604. The summed E-state index contributed by atoms with van der Waals surface area (Å²) in [5, 5.41) is 0. The van der Waals surface area contributed by atoms with Gasteiger partial charge in [0.05, 0.1) is 17.6 Å². The molecule has 1 aromatic heterocycles. The number of aromatic nitrogens is 1. The number of benzene rings is 1. The van der Waals surface area contributed by atoms with E-state index in [1.165, 1.54) is 19.3 Å². The predicted molar refractivity (Wildman–Crippen MR) is 97.9 cm³/mol. The molecule has 0 spiro atoms. The van der Waals surface area contributed by atoms with Gasteiger partial charge in [0, 0.05) is 13.1 Å². The van der Waals surface area contributed by atoms with Crippen molar-refractivity contribution in [3.63, 3.8) is 0 Å². The van der Waals surface area contributed by atoms with Crippen LogP contribution >= 0.6 is 0 Å². The molecule has 0 atom stereocenters. The molecule has 0 bridgehead atoms. The Morgan fingerprint density at radius 1 is 1.00 bits per heavy atom. The smallest absolute Gasteiger partial charge is 0.233 e. The largest absolute Gasteiger partial charge is 0.357 e. The first-order valence-corrected chi connectivity index (χ1v) is 10.0. The molecular formula is C18H23N3O2S. The van der Waals surface area contributed by atoms with Crippen LogP contribution < -0.4 is 9.62 Å². The summed E-state index contributed by atoms with van der Waals surface area (Å²) in [4.78, 5) is 6.65. The molecule has 128 valence electrons.